The lowest BCUT2D eigenvalue weighted by Crippen LogP contribution is -2.22. The highest BCUT2D eigenvalue weighted by Gasteiger charge is 2.21. The van der Waals surface area contributed by atoms with E-state index in [1.54, 1.807) is 6.33 Å². The number of aromatic nitrogens is 3. The van der Waals surface area contributed by atoms with Crippen LogP contribution in [0.15, 0.2) is 24.5 Å². The fraction of sp³-hybridized carbons (Fsp3) is 0.500. The van der Waals surface area contributed by atoms with Crippen molar-refractivity contribution in [1.82, 2.24) is 20.1 Å². The monoisotopic (exact) mass is 286 g/mol. The van der Waals surface area contributed by atoms with Gasteiger partial charge in [-0.3, -0.25) is 0 Å². The Morgan fingerprint density at radius 3 is 3.14 bits per heavy atom. The number of fused-ring (bicyclic) bond motifs is 1. The zero-order valence-electron chi connectivity index (χ0n) is 12.7. The first-order chi connectivity index (χ1) is 10.3. The minimum absolute atomic E-state index is 0.441. The summed E-state index contributed by atoms with van der Waals surface area (Å²) in [5, 5.41) is 7.57. The average molecular weight is 286 g/mol. The Bertz CT molecular complexity index is 608. The van der Waals surface area contributed by atoms with E-state index < -0.39 is 0 Å². The summed E-state index contributed by atoms with van der Waals surface area (Å²) in [5.74, 6) is 1.86. The first-order valence-electron chi connectivity index (χ1n) is 7.62. The van der Waals surface area contributed by atoms with Gasteiger partial charge >= 0.3 is 0 Å². The van der Waals surface area contributed by atoms with Crippen molar-refractivity contribution < 1.29 is 4.74 Å². The Hall–Kier alpha value is -1.88. The van der Waals surface area contributed by atoms with Crippen molar-refractivity contribution >= 4 is 0 Å². The topological polar surface area (TPSA) is 52.0 Å². The van der Waals surface area contributed by atoms with E-state index in [9.17, 15) is 0 Å². The maximum absolute atomic E-state index is 6.03. The van der Waals surface area contributed by atoms with Crippen molar-refractivity contribution in [2.45, 2.75) is 45.4 Å². The highest BCUT2D eigenvalue weighted by atomic mass is 16.5. The number of nitrogens with one attached hydrogen (secondary N) is 1. The van der Waals surface area contributed by atoms with Gasteiger partial charge in [-0.2, -0.15) is 5.10 Å². The molecule has 1 aromatic carbocycles. The molecule has 1 aliphatic rings. The van der Waals surface area contributed by atoms with Gasteiger partial charge in [0.2, 0.25) is 0 Å². The SMILES string of the molecule is CCn1ncnc1COc1cccc2c1CCCC2NC. The molecule has 0 radical (unpaired) electrons. The standard InChI is InChI=1S/C16H22N4O/c1-3-20-16(18-11-19-20)10-21-15-9-5-6-12-13(15)7-4-8-14(12)17-2/h5-6,9,11,14,17H,3-4,7-8,10H2,1-2H3. The predicted molar refractivity (Wildman–Crippen MR) is 81.2 cm³/mol. The highest BCUT2D eigenvalue weighted by molar-refractivity contribution is 5.43. The lowest BCUT2D eigenvalue weighted by Gasteiger charge is -2.26. The van der Waals surface area contributed by atoms with E-state index in [-0.39, 0.29) is 0 Å². The molecule has 3 rings (SSSR count). The smallest absolute Gasteiger partial charge is 0.164 e. The van der Waals surface area contributed by atoms with Crippen molar-refractivity contribution in [3.63, 3.8) is 0 Å². The van der Waals surface area contributed by atoms with Crippen LogP contribution in [0.25, 0.3) is 0 Å². The van der Waals surface area contributed by atoms with Gasteiger partial charge in [0, 0.05) is 12.6 Å². The molecule has 1 aliphatic carbocycles. The summed E-state index contributed by atoms with van der Waals surface area (Å²) < 4.78 is 7.90. The summed E-state index contributed by atoms with van der Waals surface area (Å²) >= 11 is 0. The second-order valence-electron chi connectivity index (χ2n) is 5.34. The van der Waals surface area contributed by atoms with Crippen molar-refractivity contribution in [2.24, 2.45) is 0 Å². The number of nitrogens with zero attached hydrogens (tertiary/aromatic N) is 3. The largest absolute Gasteiger partial charge is 0.485 e. The van der Waals surface area contributed by atoms with E-state index in [1.165, 1.54) is 24.0 Å². The van der Waals surface area contributed by atoms with Crippen molar-refractivity contribution in [1.29, 1.82) is 0 Å². The molecule has 1 aromatic heterocycles. The molecule has 1 unspecified atom stereocenters. The van der Waals surface area contributed by atoms with Crippen LogP contribution in [0.1, 0.15) is 42.8 Å². The normalized spacial score (nSPS) is 17.5. The second-order valence-corrected chi connectivity index (χ2v) is 5.34. The predicted octanol–water partition coefficient (Wildman–Crippen LogP) is 2.47. The van der Waals surface area contributed by atoms with E-state index >= 15 is 0 Å². The second kappa shape index (κ2) is 6.26. The third-order valence-corrected chi connectivity index (χ3v) is 4.16. The van der Waals surface area contributed by atoms with Gasteiger partial charge in [-0.15, -0.1) is 0 Å². The molecule has 21 heavy (non-hydrogen) atoms. The summed E-state index contributed by atoms with van der Waals surface area (Å²) in [6.07, 6.45) is 5.06. The van der Waals surface area contributed by atoms with Crippen LogP contribution in [0.3, 0.4) is 0 Å². The third-order valence-electron chi connectivity index (χ3n) is 4.16. The van der Waals surface area contributed by atoms with Crippen LogP contribution in [0, 0.1) is 0 Å². The number of hydrogen-bond acceptors (Lipinski definition) is 4. The summed E-state index contributed by atoms with van der Waals surface area (Å²) in [7, 11) is 2.02. The number of aryl methyl sites for hydroxylation is 1. The van der Waals surface area contributed by atoms with Crippen LogP contribution in [-0.4, -0.2) is 21.8 Å². The zero-order chi connectivity index (χ0) is 14.7. The summed E-state index contributed by atoms with van der Waals surface area (Å²) in [4.78, 5) is 4.26. The quantitative estimate of drug-likeness (QED) is 0.917. The molecule has 112 valence electrons. The lowest BCUT2D eigenvalue weighted by atomic mass is 9.87. The van der Waals surface area contributed by atoms with Gasteiger partial charge in [0.05, 0.1) is 0 Å². The van der Waals surface area contributed by atoms with Crippen molar-refractivity contribution in [3.8, 4) is 5.75 Å². The van der Waals surface area contributed by atoms with Crippen LogP contribution in [-0.2, 0) is 19.6 Å². The minimum Gasteiger partial charge on any atom is -0.485 e. The number of benzene rings is 1. The summed E-state index contributed by atoms with van der Waals surface area (Å²) in [5.41, 5.74) is 2.71. The first-order valence-corrected chi connectivity index (χ1v) is 7.62. The van der Waals surface area contributed by atoms with Gasteiger partial charge < -0.3 is 10.1 Å². The molecule has 2 aromatic rings. The van der Waals surface area contributed by atoms with E-state index in [0.717, 1.165) is 24.5 Å². The lowest BCUT2D eigenvalue weighted by molar-refractivity contribution is 0.282. The molecule has 0 saturated heterocycles. The Labute approximate surface area is 125 Å². The van der Waals surface area contributed by atoms with Crippen molar-refractivity contribution in [2.75, 3.05) is 7.05 Å². The molecule has 0 saturated carbocycles. The van der Waals surface area contributed by atoms with E-state index in [4.69, 9.17) is 4.74 Å². The van der Waals surface area contributed by atoms with Gasteiger partial charge in [-0.1, -0.05) is 12.1 Å². The molecule has 1 heterocycles. The van der Waals surface area contributed by atoms with E-state index in [2.05, 4.69) is 40.5 Å². The van der Waals surface area contributed by atoms with Gasteiger partial charge in [-0.05, 0) is 50.4 Å². The van der Waals surface area contributed by atoms with Crippen LogP contribution < -0.4 is 10.1 Å². The molecule has 0 amide bonds. The maximum atomic E-state index is 6.03. The van der Waals surface area contributed by atoms with Crippen LogP contribution >= 0.6 is 0 Å². The number of rotatable bonds is 5. The Kier molecular flexibility index (Phi) is 4.20. The van der Waals surface area contributed by atoms with Gasteiger partial charge in [0.25, 0.3) is 0 Å². The first kappa shape index (κ1) is 14.1. The average Bonchev–Trinajstić information content (AvgIpc) is 2.99. The van der Waals surface area contributed by atoms with E-state index in [0.29, 0.717) is 12.6 Å². The molecular weight excluding hydrogens is 264 g/mol. The molecule has 5 nitrogen and oxygen atoms in total. The van der Waals surface area contributed by atoms with Gasteiger partial charge in [0.15, 0.2) is 5.82 Å². The summed E-state index contributed by atoms with van der Waals surface area (Å²) in [6, 6.07) is 6.78. The van der Waals surface area contributed by atoms with Crippen LogP contribution in [0.4, 0.5) is 0 Å². The molecule has 0 fully saturated rings. The number of ether oxygens (including phenoxy) is 1. The molecule has 0 aliphatic heterocycles. The Morgan fingerprint density at radius 1 is 1.43 bits per heavy atom. The van der Waals surface area contributed by atoms with E-state index in [1.807, 2.05) is 11.7 Å². The van der Waals surface area contributed by atoms with Gasteiger partial charge in [0.1, 0.15) is 18.7 Å². The fourth-order valence-electron chi connectivity index (χ4n) is 3.06. The molecule has 5 heteroatoms. The molecule has 0 spiro atoms. The maximum Gasteiger partial charge on any atom is 0.164 e. The number of hydrogen-bond donors (Lipinski definition) is 1. The third kappa shape index (κ3) is 2.78. The molecular formula is C16H22N4O. The zero-order valence-corrected chi connectivity index (χ0v) is 12.7. The molecule has 1 N–H and O–H groups in total. The summed E-state index contributed by atoms with van der Waals surface area (Å²) in [6.45, 7) is 3.34. The van der Waals surface area contributed by atoms with Gasteiger partial charge in [-0.25, -0.2) is 9.67 Å². The molecule has 0 bridgehead atoms. The fourth-order valence-corrected chi connectivity index (χ4v) is 3.06. The Balaban J connectivity index is 1.80. The molecule has 1 atom stereocenters. The Morgan fingerprint density at radius 2 is 2.33 bits per heavy atom. The van der Waals surface area contributed by atoms with Crippen LogP contribution in [0.5, 0.6) is 5.75 Å². The minimum atomic E-state index is 0.441. The van der Waals surface area contributed by atoms with Crippen molar-refractivity contribution in [3.05, 3.63) is 41.5 Å². The van der Waals surface area contributed by atoms with Crippen LogP contribution in [0.2, 0.25) is 0 Å². The highest BCUT2D eigenvalue weighted by Crippen LogP contribution is 2.35.